The largest absolute Gasteiger partial charge is 0.464 e. The first-order chi connectivity index (χ1) is 7.18. The fourth-order valence-corrected chi connectivity index (χ4v) is 1.35. The average molecular weight is 216 g/mol. The minimum absolute atomic E-state index is 0.442. The van der Waals surface area contributed by atoms with Crippen molar-refractivity contribution in [1.82, 2.24) is 0 Å². The first-order valence-electron chi connectivity index (χ1n) is 6.03. The number of carbonyl (C=O) groups is 1. The van der Waals surface area contributed by atoms with E-state index in [0.717, 1.165) is 12.8 Å². The number of rotatable bonds is 9. The summed E-state index contributed by atoms with van der Waals surface area (Å²) >= 11 is 0. The minimum atomic E-state index is -0.991. The summed E-state index contributed by atoms with van der Waals surface area (Å²) in [6.45, 7) is 4.07. The lowest BCUT2D eigenvalue weighted by atomic mass is 10.1. The van der Waals surface area contributed by atoms with E-state index in [9.17, 15) is 4.79 Å². The van der Waals surface area contributed by atoms with Crippen molar-refractivity contribution in [3.63, 3.8) is 0 Å². The molecule has 1 unspecified atom stereocenters. The molecule has 1 N–H and O–H groups in total. The van der Waals surface area contributed by atoms with Crippen LogP contribution in [0.3, 0.4) is 0 Å². The third-order valence-corrected chi connectivity index (χ3v) is 2.33. The number of ether oxygens (including phenoxy) is 1. The summed E-state index contributed by atoms with van der Waals surface area (Å²) in [4.78, 5) is 10.8. The Balaban J connectivity index is 3.08. The van der Waals surface area contributed by atoms with Gasteiger partial charge >= 0.3 is 5.97 Å². The molecule has 3 heteroatoms. The fourth-order valence-electron chi connectivity index (χ4n) is 1.35. The molecule has 0 aliphatic rings. The van der Waals surface area contributed by atoms with Crippen molar-refractivity contribution in [3.8, 4) is 0 Å². The normalized spacial score (nSPS) is 12.5. The third-order valence-electron chi connectivity index (χ3n) is 2.33. The highest BCUT2D eigenvalue weighted by molar-refractivity contribution is 5.73. The molecule has 0 aliphatic carbocycles. The Hall–Kier alpha value is -0.570. The maximum atomic E-state index is 10.8. The van der Waals surface area contributed by atoms with E-state index < -0.39 is 12.1 Å². The van der Waals surface area contributed by atoms with E-state index in [0.29, 0.717) is 6.61 Å². The standard InChI is InChI=1S/C12H24O3/c1-3-4-5-6-7-8-9-10-15-12(14)11(2)13/h11,13H,3-10H2,1-2H3. The molecule has 0 radical (unpaired) electrons. The van der Waals surface area contributed by atoms with Gasteiger partial charge in [0.25, 0.3) is 0 Å². The maximum Gasteiger partial charge on any atom is 0.334 e. The molecule has 0 aromatic heterocycles. The maximum absolute atomic E-state index is 10.8. The van der Waals surface area contributed by atoms with Crippen molar-refractivity contribution in [1.29, 1.82) is 0 Å². The highest BCUT2D eigenvalue weighted by Crippen LogP contribution is 2.06. The van der Waals surface area contributed by atoms with Gasteiger partial charge in [-0.15, -0.1) is 0 Å². The minimum Gasteiger partial charge on any atom is -0.464 e. The van der Waals surface area contributed by atoms with Gasteiger partial charge in [0.15, 0.2) is 0 Å². The molecule has 0 amide bonds. The zero-order valence-electron chi connectivity index (χ0n) is 10.00. The number of aliphatic hydroxyl groups excluding tert-OH is 1. The average Bonchev–Trinajstić information content (AvgIpc) is 2.21. The van der Waals surface area contributed by atoms with E-state index in [2.05, 4.69) is 6.92 Å². The zero-order valence-corrected chi connectivity index (χ0v) is 10.00. The Labute approximate surface area is 92.8 Å². The molecule has 90 valence electrons. The fraction of sp³-hybridized carbons (Fsp3) is 0.917. The van der Waals surface area contributed by atoms with Crippen molar-refractivity contribution >= 4 is 5.97 Å². The monoisotopic (exact) mass is 216 g/mol. The summed E-state index contributed by atoms with van der Waals surface area (Å²) < 4.78 is 4.84. The molecule has 1 atom stereocenters. The van der Waals surface area contributed by atoms with Gasteiger partial charge in [0.2, 0.25) is 0 Å². The second-order valence-corrected chi connectivity index (χ2v) is 3.96. The van der Waals surface area contributed by atoms with E-state index in [1.165, 1.54) is 39.0 Å². The summed E-state index contributed by atoms with van der Waals surface area (Å²) in [5, 5.41) is 8.85. The molecule has 0 aromatic carbocycles. The lowest BCUT2D eigenvalue weighted by Gasteiger charge is -2.06. The van der Waals surface area contributed by atoms with Crippen LogP contribution in [0.4, 0.5) is 0 Å². The Morgan fingerprint density at radius 3 is 2.20 bits per heavy atom. The number of esters is 1. The van der Waals surface area contributed by atoms with E-state index in [1.807, 2.05) is 0 Å². The third kappa shape index (κ3) is 9.73. The highest BCUT2D eigenvalue weighted by atomic mass is 16.5. The van der Waals surface area contributed by atoms with Crippen molar-refractivity contribution in [3.05, 3.63) is 0 Å². The summed E-state index contributed by atoms with van der Waals surface area (Å²) in [6, 6.07) is 0. The SMILES string of the molecule is CCCCCCCCCOC(=O)C(C)O. The first kappa shape index (κ1) is 14.4. The van der Waals surface area contributed by atoms with Gasteiger partial charge in [-0.1, -0.05) is 45.4 Å². The Bertz CT molecular complexity index is 155. The molecule has 0 aromatic rings. The lowest BCUT2D eigenvalue weighted by molar-refractivity contribution is -0.152. The van der Waals surface area contributed by atoms with Crippen LogP contribution in [0.1, 0.15) is 58.8 Å². The molecule has 0 spiro atoms. The second kappa shape index (κ2) is 9.97. The summed E-state index contributed by atoms with van der Waals surface area (Å²) in [7, 11) is 0. The lowest BCUT2D eigenvalue weighted by Crippen LogP contribution is -2.19. The first-order valence-corrected chi connectivity index (χ1v) is 6.03. The van der Waals surface area contributed by atoms with Crippen LogP contribution in [0, 0.1) is 0 Å². The molecule has 0 bridgehead atoms. The van der Waals surface area contributed by atoms with E-state index in [1.54, 1.807) is 0 Å². The number of hydrogen-bond acceptors (Lipinski definition) is 3. The summed E-state index contributed by atoms with van der Waals surface area (Å²) in [5.74, 6) is -0.513. The predicted molar refractivity (Wildman–Crippen MR) is 60.6 cm³/mol. The van der Waals surface area contributed by atoms with Crippen LogP contribution in [0.15, 0.2) is 0 Å². The Morgan fingerprint density at radius 1 is 1.13 bits per heavy atom. The highest BCUT2D eigenvalue weighted by Gasteiger charge is 2.08. The molecule has 3 nitrogen and oxygen atoms in total. The number of unbranched alkanes of at least 4 members (excludes halogenated alkanes) is 6. The molecule has 0 heterocycles. The quantitative estimate of drug-likeness (QED) is 0.476. The summed E-state index contributed by atoms with van der Waals surface area (Å²) in [5.41, 5.74) is 0. The second-order valence-electron chi connectivity index (χ2n) is 3.96. The van der Waals surface area contributed by atoms with Gasteiger partial charge in [-0.2, -0.15) is 0 Å². The van der Waals surface area contributed by atoms with Crippen LogP contribution in [0.25, 0.3) is 0 Å². The topological polar surface area (TPSA) is 46.5 Å². The van der Waals surface area contributed by atoms with Gasteiger partial charge in [-0.05, 0) is 13.3 Å². The Morgan fingerprint density at radius 2 is 1.67 bits per heavy atom. The van der Waals surface area contributed by atoms with Gasteiger partial charge in [-0.3, -0.25) is 0 Å². The van der Waals surface area contributed by atoms with Gasteiger partial charge in [-0.25, -0.2) is 4.79 Å². The van der Waals surface area contributed by atoms with Crippen molar-refractivity contribution in [2.45, 2.75) is 64.9 Å². The molecule has 0 saturated carbocycles. The van der Waals surface area contributed by atoms with Crippen molar-refractivity contribution in [2.75, 3.05) is 6.61 Å². The molecule has 0 fully saturated rings. The molecule has 15 heavy (non-hydrogen) atoms. The molecule has 0 aliphatic heterocycles. The zero-order chi connectivity index (χ0) is 11.5. The van der Waals surface area contributed by atoms with Crippen LogP contribution >= 0.6 is 0 Å². The van der Waals surface area contributed by atoms with E-state index in [4.69, 9.17) is 9.84 Å². The van der Waals surface area contributed by atoms with E-state index >= 15 is 0 Å². The van der Waals surface area contributed by atoms with Crippen LogP contribution < -0.4 is 0 Å². The number of aliphatic hydroxyl groups is 1. The van der Waals surface area contributed by atoms with Crippen molar-refractivity contribution in [2.24, 2.45) is 0 Å². The smallest absolute Gasteiger partial charge is 0.334 e. The van der Waals surface area contributed by atoms with Crippen LogP contribution in [0.2, 0.25) is 0 Å². The van der Waals surface area contributed by atoms with Gasteiger partial charge in [0.1, 0.15) is 6.10 Å². The molecule has 0 rings (SSSR count). The van der Waals surface area contributed by atoms with Gasteiger partial charge in [0, 0.05) is 0 Å². The van der Waals surface area contributed by atoms with Crippen LogP contribution in [-0.2, 0) is 9.53 Å². The van der Waals surface area contributed by atoms with Gasteiger partial charge in [0.05, 0.1) is 6.61 Å². The number of hydrogen-bond donors (Lipinski definition) is 1. The molecular formula is C12H24O3. The van der Waals surface area contributed by atoms with Crippen molar-refractivity contribution < 1.29 is 14.6 Å². The molecule has 0 saturated heterocycles. The van der Waals surface area contributed by atoms with Crippen LogP contribution in [0.5, 0.6) is 0 Å². The predicted octanol–water partition coefficient (Wildman–Crippen LogP) is 2.66. The van der Waals surface area contributed by atoms with Gasteiger partial charge < -0.3 is 9.84 Å². The Kier molecular flexibility index (Phi) is 9.59. The molecular weight excluding hydrogens is 192 g/mol. The van der Waals surface area contributed by atoms with E-state index in [-0.39, 0.29) is 0 Å². The summed E-state index contributed by atoms with van der Waals surface area (Å²) in [6.07, 6.45) is 7.41. The number of carbonyl (C=O) groups excluding carboxylic acids is 1. The van der Waals surface area contributed by atoms with Crippen LogP contribution in [-0.4, -0.2) is 23.8 Å².